The van der Waals surface area contributed by atoms with E-state index in [2.05, 4.69) is 19.2 Å². The summed E-state index contributed by atoms with van der Waals surface area (Å²) in [4.78, 5) is 24.5. The zero-order valence-electron chi connectivity index (χ0n) is 48.2. The highest BCUT2D eigenvalue weighted by Gasteiger charge is 2.18. The molecule has 0 aromatic rings. The Balaban J connectivity index is 3.30. The van der Waals surface area contributed by atoms with Gasteiger partial charge in [0, 0.05) is 12.8 Å². The number of aliphatic hydroxyl groups excluding tert-OH is 2. The van der Waals surface area contributed by atoms with Gasteiger partial charge in [0.1, 0.15) is 0 Å². The van der Waals surface area contributed by atoms with Crippen molar-refractivity contribution in [3.05, 3.63) is 12.2 Å². The summed E-state index contributed by atoms with van der Waals surface area (Å²) in [6.07, 6.45) is 74.3. The Morgan fingerprint density at radius 2 is 0.648 bits per heavy atom. The molecule has 0 aromatic heterocycles. The SMILES string of the molecule is CCCCCCCCCC/C=C/C(O)C(CO)NC(=O)CCCCCCCCCCCCCCCCCCCCCCCCCCCCCCCCOC(=O)CCCCCCCCCCCCCCCC. The van der Waals surface area contributed by atoms with Crippen LogP contribution in [0.5, 0.6) is 0 Å². The van der Waals surface area contributed by atoms with Gasteiger partial charge in [-0.3, -0.25) is 9.59 Å². The number of aliphatic hydroxyl groups is 2. The maximum atomic E-state index is 12.4. The van der Waals surface area contributed by atoms with Crippen molar-refractivity contribution in [2.45, 2.75) is 379 Å². The highest BCUT2D eigenvalue weighted by atomic mass is 16.5. The number of carbonyl (C=O) groups is 2. The first kappa shape index (κ1) is 69.6. The van der Waals surface area contributed by atoms with E-state index in [9.17, 15) is 19.8 Å². The fourth-order valence-electron chi connectivity index (χ4n) is 10.3. The molecule has 0 heterocycles. The molecule has 2 atom stereocenters. The number of nitrogens with one attached hydrogen (secondary N) is 1. The molecular weight excluding hydrogens is 875 g/mol. The van der Waals surface area contributed by atoms with Gasteiger partial charge in [0.25, 0.3) is 0 Å². The van der Waals surface area contributed by atoms with Gasteiger partial charge in [-0.25, -0.2) is 0 Å². The Kier molecular flexibility index (Phi) is 59.9. The summed E-state index contributed by atoms with van der Waals surface area (Å²) in [6.45, 7) is 4.91. The number of ether oxygens (including phenoxy) is 1. The van der Waals surface area contributed by atoms with Crippen molar-refractivity contribution >= 4 is 11.9 Å². The Labute approximate surface area is 444 Å². The number of esters is 1. The molecule has 0 saturated heterocycles. The van der Waals surface area contributed by atoms with Crippen LogP contribution < -0.4 is 5.32 Å². The summed E-state index contributed by atoms with van der Waals surface area (Å²) in [5.41, 5.74) is 0. The van der Waals surface area contributed by atoms with Crippen LogP contribution >= 0.6 is 0 Å². The number of allylic oxidation sites excluding steroid dienone is 1. The number of amides is 1. The van der Waals surface area contributed by atoms with Gasteiger partial charge in [-0.1, -0.05) is 334 Å². The molecule has 0 rings (SSSR count). The van der Waals surface area contributed by atoms with Crippen molar-refractivity contribution in [1.29, 1.82) is 0 Å². The quantitative estimate of drug-likeness (QED) is 0.0320. The van der Waals surface area contributed by atoms with Gasteiger partial charge in [-0.2, -0.15) is 0 Å². The Bertz CT molecular complexity index is 1060. The Morgan fingerprint density at radius 3 is 0.958 bits per heavy atom. The first-order chi connectivity index (χ1) is 35.0. The third-order valence-corrected chi connectivity index (χ3v) is 15.3. The summed E-state index contributed by atoms with van der Waals surface area (Å²) in [6, 6.07) is -0.622. The molecule has 71 heavy (non-hydrogen) atoms. The van der Waals surface area contributed by atoms with Crippen LogP contribution in [0.2, 0.25) is 0 Å². The lowest BCUT2D eigenvalue weighted by atomic mass is 10.0. The van der Waals surface area contributed by atoms with Crippen LogP contribution in [0.3, 0.4) is 0 Å². The first-order valence-corrected chi connectivity index (χ1v) is 32.5. The van der Waals surface area contributed by atoms with Crippen molar-refractivity contribution in [1.82, 2.24) is 5.32 Å². The Morgan fingerprint density at radius 1 is 0.380 bits per heavy atom. The van der Waals surface area contributed by atoms with Crippen molar-refractivity contribution in [3.63, 3.8) is 0 Å². The molecule has 0 aromatic carbocycles. The molecule has 0 fully saturated rings. The van der Waals surface area contributed by atoms with Crippen LogP contribution in [0.1, 0.15) is 367 Å². The minimum Gasteiger partial charge on any atom is -0.466 e. The van der Waals surface area contributed by atoms with E-state index in [0.717, 1.165) is 38.5 Å². The van der Waals surface area contributed by atoms with Gasteiger partial charge < -0.3 is 20.3 Å². The van der Waals surface area contributed by atoms with Gasteiger partial charge in [-0.05, 0) is 32.1 Å². The van der Waals surface area contributed by atoms with Gasteiger partial charge >= 0.3 is 5.97 Å². The van der Waals surface area contributed by atoms with Crippen LogP contribution in [-0.4, -0.2) is 47.4 Å². The van der Waals surface area contributed by atoms with Crippen molar-refractivity contribution in [2.24, 2.45) is 0 Å². The lowest BCUT2D eigenvalue weighted by Gasteiger charge is -2.20. The molecule has 0 aliphatic heterocycles. The van der Waals surface area contributed by atoms with E-state index in [-0.39, 0.29) is 18.5 Å². The van der Waals surface area contributed by atoms with Crippen molar-refractivity contribution in [2.75, 3.05) is 13.2 Å². The van der Waals surface area contributed by atoms with Crippen molar-refractivity contribution in [3.8, 4) is 0 Å². The minimum atomic E-state index is -0.839. The van der Waals surface area contributed by atoms with E-state index in [1.165, 1.54) is 302 Å². The van der Waals surface area contributed by atoms with Crippen LogP contribution in [0, 0.1) is 0 Å². The number of rotatable bonds is 61. The molecule has 0 saturated carbocycles. The second-order valence-corrected chi connectivity index (χ2v) is 22.5. The van der Waals surface area contributed by atoms with E-state index in [4.69, 9.17) is 4.74 Å². The van der Waals surface area contributed by atoms with Gasteiger partial charge in [0.15, 0.2) is 0 Å². The molecule has 0 aliphatic carbocycles. The second-order valence-electron chi connectivity index (χ2n) is 22.5. The molecule has 3 N–H and O–H groups in total. The molecule has 1 amide bonds. The van der Waals surface area contributed by atoms with Gasteiger partial charge in [0.2, 0.25) is 5.91 Å². The number of unbranched alkanes of at least 4 members (excludes halogenated alkanes) is 50. The molecule has 6 heteroatoms. The molecule has 422 valence electrons. The van der Waals surface area contributed by atoms with Crippen LogP contribution in [0.15, 0.2) is 12.2 Å². The lowest BCUT2D eigenvalue weighted by molar-refractivity contribution is -0.143. The monoisotopic (exact) mass is 1000 g/mol. The normalized spacial score (nSPS) is 12.6. The molecular formula is C65H127NO5. The van der Waals surface area contributed by atoms with E-state index in [0.29, 0.717) is 19.4 Å². The third-order valence-electron chi connectivity index (χ3n) is 15.3. The molecule has 0 spiro atoms. The minimum absolute atomic E-state index is 0.0226. The predicted molar refractivity (Wildman–Crippen MR) is 310 cm³/mol. The molecule has 0 aliphatic rings. The summed E-state index contributed by atoms with van der Waals surface area (Å²) < 4.78 is 5.49. The summed E-state index contributed by atoms with van der Waals surface area (Å²) in [5, 5.41) is 23.0. The highest BCUT2D eigenvalue weighted by Crippen LogP contribution is 2.18. The van der Waals surface area contributed by atoms with Crippen LogP contribution in [0.4, 0.5) is 0 Å². The zero-order valence-corrected chi connectivity index (χ0v) is 48.2. The fourth-order valence-corrected chi connectivity index (χ4v) is 10.3. The average molecular weight is 1000 g/mol. The predicted octanol–water partition coefficient (Wildman–Crippen LogP) is 20.4. The standard InChI is InChI=1S/C65H127NO5/c1-3-5-7-9-11-13-15-16-36-39-43-47-51-55-59-65(70)71-60-56-52-48-44-40-37-34-32-30-28-26-24-22-20-18-17-19-21-23-25-27-29-31-33-35-38-42-46-50-54-58-64(69)66-62(61-67)63(68)57-53-49-45-41-14-12-10-8-6-4-2/h53,57,62-63,67-68H,3-52,54-56,58-61H2,1-2H3,(H,66,69)/b57-53+. The largest absolute Gasteiger partial charge is 0.466 e. The van der Waals surface area contributed by atoms with E-state index < -0.39 is 12.1 Å². The van der Waals surface area contributed by atoms with Crippen LogP contribution in [-0.2, 0) is 14.3 Å². The van der Waals surface area contributed by atoms with E-state index >= 15 is 0 Å². The second kappa shape index (κ2) is 61.1. The highest BCUT2D eigenvalue weighted by molar-refractivity contribution is 5.76. The average Bonchev–Trinajstić information content (AvgIpc) is 3.37. The topological polar surface area (TPSA) is 95.9 Å². The Hall–Kier alpha value is -1.40. The summed E-state index contributed by atoms with van der Waals surface area (Å²) in [7, 11) is 0. The number of hydrogen-bond acceptors (Lipinski definition) is 5. The van der Waals surface area contributed by atoms with E-state index in [1.807, 2.05) is 6.08 Å². The third kappa shape index (κ3) is 57.7. The van der Waals surface area contributed by atoms with Gasteiger partial charge in [0.05, 0.1) is 25.4 Å². The fraction of sp³-hybridized carbons (Fsp3) is 0.938. The summed E-state index contributed by atoms with van der Waals surface area (Å²) in [5.74, 6) is -0.0418. The van der Waals surface area contributed by atoms with Gasteiger partial charge in [-0.15, -0.1) is 0 Å². The summed E-state index contributed by atoms with van der Waals surface area (Å²) >= 11 is 0. The molecule has 0 bridgehead atoms. The lowest BCUT2D eigenvalue weighted by Crippen LogP contribution is -2.45. The molecule has 2 unspecified atom stereocenters. The smallest absolute Gasteiger partial charge is 0.305 e. The number of carbonyl (C=O) groups excluding carboxylic acids is 2. The number of hydrogen-bond donors (Lipinski definition) is 3. The zero-order chi connectivity index (χ0) is 51.4. The molecule has 0 radical (unpaired) electrons. The maximum Gasteiger partial charge on any atom is 0.305 e. The van der Waals surface area contributed by atoms with Crippen LogP contribution in [0.25, 0.3) is 0 Å². The van der Waals surface area contributed by atoms with E-state index in [1.54, 1.807) is 6.08 Å². The maximum absolute atomic E-state index is 12.4. The first-order valence-electron chi connectivity index (χ1n) is 32.5. The van der Waals surface area contributed by atoms with Crippen molar-refractivity contribution < 1.29 is 24.5 Å². The molecule has 6 nitrogen and oxygen atoms in total.